The molecule has 10 heteroatoms. The standard InChI is InChI=1S/C21H21Br2N7O/c1-14-2-7-18(17(23)12-14)25-19-26-20(28-21(27-19)30-8-10-31-11-9-30)29-24-13-15-3-5-16(22)6-4-15/h2-7,12-13H,8-11H2,1H3,(H2,25,26,27,28,29). The lowest BCUT2D eigenvalue weighted by Crippen LogP contribution is -2.37. The molecule has 4 rings (SSSR count). The number of aromatic nitrogens is 3. The second kappa shape index (κ2) is 10.2. The first-order valence-electron chi connectivity index (χ1n) is 9.73. The molecule has 160 valence electrons. The Balaban J connectivity index is 1.58. The number of halogens is 2. The molecule has 2 aromatic carbocycles. The molecule has 1 aromatic heterocycles. The molecule has 1 aliphatic rings. The van der Waals surface area contributed by atoms with E-state index >= 15 is 0 Å². The maximum absolute atomic E-state index is 5.45. The van der Waals surface area contributed by atoms with Gasteiger partial charge in [0.1, 0.15) is 0 Å². The van der Waals surface area contributed by atoms with Crippen LogP contribution < -0.4 is 15.6 Å². The van der Waals surface area contributed by atoms with Gasteiger partial charge >= 0.3 is 0 Å². The Labute approximate surface area is 197 Å². The van der Waals surface area contributed by atoms with Crippen molar-refractivity contribution in [2.75, 3.05) is 41.9 Å². The van der Waals surface area contributed by atoms with Gasteiger partial charge in [0.2, 0.25) is 17.8 Å². The molecule has 2 N–H and O–H groups in total. The number of ether oxygens (including phenoxy) is 1. The molecule has 0 spiro atoms. The Morgan fingerprint density at radius 3 is 2.48 bits per heavy atom. The number of morpholine rings is 1. The second-order valence-electron chi connectivity index (χ2n) is 6.91. The Morgan fingerprint density at radius 1 is 1.00 bits per heavy atom. The fraction of sp³-hybridized carbons (Fsp3) is 0.238. The van der Waals surface area contributed by atoms with Gasteiger partial charge in [-0.2, -0.15) is 20.1 Å². The van der Waals surface area contributed by atoms with Gasteiger partial charge in [-0.25, -0.2) is 5.43 Å². The number of hydrazone groups is 1. The molecule has 3 aromatic rings. The molecule has 1 aliphatic heterocycles. The van der Waals surface area contributed by atoms with Crippen LogP contribution in [0.3, 0.4) is 0 Å². The van der Waals surface area contributed by atoms with Crippen LogP contribution in [0.15, 0.2) is 56.5 Å². The highest BCUT2D eigenvalue weighted by Crippen LogP contribution is 2.26. The molecule has 0 saturated carbocycles. The molecule has 31 heavy (non-hydrogen) atoms. The Kier molecular flexibility index (Phi) is 7.10. The van der Waals surface area contributed by atoms with Crippen molar-refractivity contribution in [3.63, 3.8) is 0 Å². The lowest BCUT2D eigenvalue weighted by atomic mass is 10.2. The zero-order chi connectivity index (χ0) is 21.6. The highest BCUT2D eigenvalue weighted by Gasteiger charge is 2.17. The number of rotatable bonds is 6. The number of nitrogens with zero attached hydrogens (tertiary/aromatic N) is 5. The molecule has 0 unspecified atom stereocenters. The van der Waals surface area contributed by atoms with Crippen molar-refractivity contribution in [3.05, 3.63) is 62.5 Å². The molecule has 8 nitrogen and oxygen atoms in total. The lowest BCUT2D eigenvalue weighted by molar-refractivity contribution is 0.122. The monoisotopic (exact) mass is 545 g/mol. The van der Waals surface area contributed by atoms with Gasteiger partial charge in [-0.15, -0.1) is 0 Å². The summed E-state index contributed by atoms with van der Waals surface area (Å²) in [5.74, 6) is 1.36. The van der Waals surface area contributed by atoms with Gasteiger partial charge in [-0.05, 0) is 58.2 Å². The van der Waals surface area contributed by atoms with E-state index in [9.17, 15) is 0 Å². The number of benzene rings is 2. The Bertz CT molecular complexity index is 1070. The minimum Gasteiger partial charge on any atom is -0.378 e. The van der Waals surface area contributed by atoms with Crippen molar-refractivity contribution in [2.45, 2.75) is 6.92 Å². The Morgan fingerprint density at radius 2 is 1.74 bits per heavy atom. The molecule has 0 radical (unpaired) electrons. The maximum atomic E-state index is 5.45. The molecule has 0 atom stereocenters. The number of hydrogen-bond donors (Lipinski definition) is 2. The van der Waals surface area contributed by atoms with Crippen LogP contribution in [-0.4, -0.2) is 47.5 Å². The van der Waals surface area contributed by atoms with Gasteiger partial charge in [0.15, 0.2) is 0 Å². The minimum atomic E-state index is 0.357. The van der Waals surface area contributed by atoms with Crippen LogP contribution in [0.2, 0.25) is 0 Å². The van der Waals surface area contributed by atoms with Gasteiger partial charge in [0.05, 0.1) is 25.1 Å². The average molecular weight is 547 g/mol. The fourth-order valence-electron chi connectivity index (χ4n) is 2.93. The van der Waals surface area contributed by atoms with Crippen molar-refractivity contribution >= 4 is 61.6 Å². The smallest absolute Gasteiger partial charge is 0.250 e. The SMILES string of the molecule is Cc1ccc(Nc2nc(NN=Cc3ccc(Br)cc3)nc(N3CCOCC3)n2)c(Br)c1. The molecule has 1 fully saturated rings. The lowest BCUT2D eigenvalue weighted by Gasteiger charge is -2.27. The fourth-order valence-corrected chi connectivity index (χ4v) is 3.79. The van der Waals surface area contributed by atoms with Crippen molar-refractivity contribution in [1.29, 1.82) is 0 Å². The summed E-state index contributed by atoms with van der Waals surface area (Å²) in [7, 11) is 0. The third-order valence-electron chi connectivity index (χ3n) is 4.54. The van der Waals surface area contributed by atoms with E-state index in [2.05, 4.69) is 67.6 Å². The molecule has 0 amide bonds. The van der Waals surface area contributed by atoms with E-state index in [1.807, 2.05) is 49.4 Å². The van der Waals surface area contributed by atoms with E-state index in [0.29, 0.717) is 31.1 Å². The average Bonchev–Trinajstić information content (AvgIpc) is 2.78. The third kappa shape index (κ3) is 5.99. The number of anilines is 4. The highest BCUT2D eigenvalue weighted by atomic mass is 79.9. The number of aryl methyl sites for hydroxylation is 1. The van der Waals surface area contributed by atoms with Gasteiger partial charge in [-0.3, -0.25) is 0 Å². The first-order valence-corrected chi connectivity index (χ1v) is 11.3. The predicted octanol–water partition coefficient (Wildman–Crippen LogP) is 4.73. The summed E-state index contributed by atoms with van der Waals surface area (Å²) >= 11 is 7.02. The summed E-state index contributed by atoms with van der Waals surface area (Å²) in [5.41, 5.74) is 5.91. The van der Waals surface area contributed by atoms with Gasteiger partial charge < -0.3 is 15.0 Å². The van der Waals surface area contributed by atoms with E-state index in [4.69, 9.17) is 4.74 Å². The van der Waals surface area contributed by atoms with E-state index in [0.717, 1.165) is 38.8 Å². The van der Waals surface area contributed by atoms with Crippen LogP contribution in [0.4, 0.5) is 23.5 Å². The summed E-state index contributed by atoms with van der Waals surface area (Å²) in [6.07, 6.45) is 1.72. The molecule has 2 heterocycles. The van der Waals surface area contributed by atoms with Crippen molar-refractivity contribution in [1.82, 2.24) is 15.0 Å². The number of hydrogen-bond acceptors (Lipinski definition) is 8. The quantitative estimate of drug-likeness (QED) is 0.341. The number of nitrogens with one attached hydrogen (secondary N) is 2. The van der Waals surface area contributed by atoms with E-state index in [1.54, 1.807) is 6.21 Å². The van der Waals surface area contributed by atoms with E-state index in [1.165, 1.54) is 0 Å². The van der Waals surface area contributed by atoms with Crippen LogP contribution in [-0.2, 0) is 4.74 Å². The van der Waals surface area contributed by atoms with Crippen LogP contribution in [0.5, 0.6) is 0 Å². The molecular weight excluding hydrogens is 526 g/mol. The zero-order valence-corrected chi connectivity index (χ0v) is 20.0. The molecule has 0 bridgehead atoms. The topological polar surface area (TPSA) is 87.6 Å². The summed E-state index contributed by atoms with van der Waals surface area (Å²) in [4.78, 5) is 15.7. The van der Waals surface area contributed by atoms with Gasteiger partial charge in [0, 0.05) is 22.0 Å². The van der Waals surface area contributed by atoms with Crippen LogP contribution in [0.25, 0.3) is 0 Å². The second-order valence-corrected chi connectivity index (χ2v) is 8.68. The summed E-state index contributed by atoms with van der Waals surface area (Å²) in [6, 6.07) is 13.9. The molecular formula is C21H21Br2N7O. The Hall–Kier alpha value is -2.56. The maximum Gasteiger partial charge on any atom is 0.250 e. The van der Waals surface area contributed by atoms with Crippen molar-refractivity contribution in [2.24, 2.45) is 5.10 Å². The highest BCUT2D eigenvalue weighted by molar-refractivity contribution is 9.10. The van der Waals surface area contributed by atoms with Gasteiger partial charge in [0.25, 0.3) is 0 Å². The minimum absolute atomic E-state index is 0.357. The van der Waals surface area contributed by atoms with Crippen LogP contribution >= 0.6 is 31.9 Å². The van der Waals surface area contributed by atoms with E-state index < -0.39 is 0 Å². The third-order valence-corrected chi connectivity index (χ3v) is 5.72. The zero-order valence-electron chi connectivity index (χ0n) is 16.8. The first kappa shape index (κ1) is 21.7. The predicted molar refractivity (Wildman–Crippen MR) is 130 cm³/mol. The molecule has 0 aliphatic carbocycles. The normalized spacial score (nSPS) is 14.1. The van der Waals surface area contributed by atoms with E-state index in [-0.39, 0.29) is 0 Å². The van der Waals surface area contributed by atoms with Crippen molar-refractivity contribution in [3.8, 4) is 0 Å². The summed E-state index contributed by atoms with van der Waals surface area (Å²) in [5, 5.41) is 7.55. The van der Waals surface area contributed by atoms with Crippen LogP contribution in [0, 0.1) is 6.92 Å². The first-order chi connectivity index (χ1) is 15.1. The largest absolute Gasteiger partial charge is 0.378 e. The summed E-state index contributed by atoms with van der Waals surface area (Å²) in [6.45, 7) is 4.77. The van der Waals surface area contributed by atoms with Crippen molar-refractivity contribution < 1.29 is 4.74 Å². The van der Waals surface area contributed by atoms with Gasteiger partial charge in [-0.1, -0.05) is 34.1 Å². The summed E-state index contributed by atoms with van der Waals surface area (Å²) < 4.78 is 7.40. The van der Waals surface area contributed by atoms with Crippen LogP contribution in [0.1, 0.15) is 11.1 Å². The molecule has 1 saturated heterocycles.